The Balaban J connectivity index is 1.50. The molecule has 8 nitrogen and oxygen atoms in total. The molecule has 1 aliphatic rings. The summed E-state index contributed by atoms with van der Waals surface area (Å²) in [4.78, 5) is 6.77. The molecule has 0 atom stereocenters. The van der Waals surface area contributed by atoms with E-state index in [-0.39, 0.29) is 4.90 Å². The Kier molecular flexibility index (Phi) is 6.50. The van der Waals surface area contributed by atoms with Crippen molar-refractivity contribution < 1.29 is 22.6 Å². The standard InChI is InChI=1S/C23H27N3O5S/c1-29-19-10-9-18(22(30-2)23(19)31-3)16-25-12-14-26(15-13-25)32(27,28)20-8-4-6-17-7-5-11-24-21(17)20/h4-11H,12-16H2,1-3H3. The van der Waals surface area contributed by atoms with Crippen molar-refractivity contribution >= 4 is 20.9 Å². The lowest BCUT2D eigenvalue weighted by molar-refractivity contribution is 0.179. The highest BCUT2D eigenvalue weighted by atomic mass is 32.2. The number of rotatable bonds is 7. The van der Waals surface area contributed by atoms with Crippen molar-refractivity contribution in [2.24, 2.45) is 0 Å². The predicted molar refractivity (Wildman–Crippen MR) is 122 cm³/mol. The lowest BCUT2D eigenvalue weighted by atomic mass is 10.1. The van der Waals surface area contributed by atoms with E-state index < -0.39 is 10.0 Å². The number of hydrogen-bond donors (Lipinski definition) is 0. The van der Waals surface area contributed by atoms with Crippen LogP contribution in [0, 0.1) is 0 Å². The van der Waals surface area contributed by atoms with E-state index in [4.69, 9.17) is 14.2 Å². The summed E-state index contributed by atoms with van der Waals surface area (Å²) >= 11 is 0. The minimum absolute atomic E-state index is 0.255. The molecule has 32 heavy (non-hydrogen) atoms. The zero-order valence-electron chi connectivity index (χ0n) is 18.4. The van der Waals surface area contributed by atoms with Gasteiger partial charge in [0.2, 0.25) is 15.8 Å². The molecule has 4 rings (SSSR count). The summed E-state index contributed by atoms with van der Waals surface area (Å²) in [5.41, 5.74) is 1.47. The smallest absolute Gasteiger partial charge is 0.245 e. The van der Waals surface area contributed by atoms with Gasteiger partial charge in [-0.2, -0.15) is 4.31 Å². The van der Waals surface area contributed by atoms with Crippen molar-refractivity contribution in [3.05, 3.63) is 54.2 Å². The summed E-state index contributed by atoms with van der Waals surface area (Å²) in [6.07, 6.45) is 1.62. The van der Waals surface area contributed by atoms with Crippen LogP contribution in [-0.4, -0.2) is 70.1 Å². The number of sulfonamides is 1. The van der Waals surface area contributed by atoms with Gasteiger partial charge in [0.05, 0.1) is 26.8 Å². The number of hydrogen-bond acceptors (Lipinski definition) is 7. The van der Waals surface area contributed by atoms with Crippen LogP contribution in [-0.2, 0) is 16.6 Å². The Morgan fingerprint density at radius 2 is 1.59 bits per heavy atom. The SMILES string of the molecule is COc1ccc(CN2CCN(S(=O)(=O)c3cccc4cccnc34)CC2)c(OC)c1OC. The molecule has 9 heteroatoms. The van der Waals surface area contributed by atoms with Crippen molar-refractivity contribution in [1.82, 2.24) is 14.2 Å². The van der Waals surface area contributed by atoms with Gasteiger partial charge in [0.1, 0.15) is 4.90 Å². The zero-order chi connectivity index (χ0) is 22.7. The van der Waals surface area contributed by atoms with Gasteiger partial charge in [0.15, 0.2) is 11.5 Å². The molecular weight excluding hydrogens is 430 g/mol. The third-order valence-corrected chi connectivity index (χ3v) is 7.65. The number of fused-ring (bicyclic) bond motifs is 1. The monoisotopic (exact) mass is 457 g/mol. The van der Waals surface area contributed by atoms with Crippen LogP contribution in [0.1, 0.15) is 5.56 Å². The maximum atomic E-state index is 13.3. The minimum atomic E-state index is -3.63. The normalized spacial score (nSPS) is 15.6. The zero-order valence-corrected chi connectivity index (χ0v) is 19.3. The van der Waals surface area contributed by atoms with Crippen LogP contribution in [0.15, 0.2) is 53.6 Å². The summed E-state index contributed by atoms with van der Waals surface area (Å²) in [5, 5.41) is 0.813. The van der Waals surface area contributed by atoms with E-state index in [0.29, 0.717) is 55.5 Å². The Morgan fingerprint density at radius 3 is 2.28 bits per heavy atom. The van der Waals surface area contributed by atoms with Gasteiger partial charge in [-0.05, 0) is 18.2 Å². The number of pyridine rings is 1. The molecule has 1 aromatic heterocycles. The summed E-state index contributed by atoms with van der Waals surface area (Å²) in [5.74, 6) is 1.79. The molecule has 0 spiro atoms. The summed E-state index contributed by atoms with van der Waals surface area (Å²) in [6.45, 7) is 2.64. The first-order valence-corrected chi connectivity index (χ1v) is 11.8. The third kappa shape index (κ3) is 4.11. The van der Waals surface area contributed by atoms with Crippen LogP contribution in [0.2, 0.25) is 0 Å². The van der Waals surface area contributed by atoms with Crippen LogP contribution in [0.4, 0.5) is 0 Å². The van der Waals surface area contributed by atoms with Crippen LogP contribution < -0.4 is 14.2 Å². The largest absolute Gasteiger partial charge is 0.493 e. The average molecular weight is 458 g/mol. The molecule has 0 bridgehead atoms. The van der Waals surface area contributed by atoms with E-state index in [1.807, 2.05) is 24.3 Å². The first-order chi connectivity index (χ1) is 15.5. The lowest BCUT2D eigenvalue weighted by Crippen LogP contribution is -2.48. The molecule has 170 valence electrons. The fraction of sp³-hybridized carbons (Fsp3) is 0.348. The van der Waals surface area contributed by atoms with Crippen molar-refractivity contribution in [1.29, 1.82) is 0 Å². The van der Waals surface area contributed by atoms with Crippen molar-refractivity contribution in [3.63, 3.8) is 0 Å². The van der Waals surface area contributed by atoms with Gasteiger partial charge in [0.25, 0.3) is 0 Å². The molecular formula is C23H27N3O5S. The number of aromatic nitrogens is 1. The molecule has 0 unspecified atom stereocenters. The van der Waals surface area contributed by atoms with E-state index in [9.17, 15) is 8.42 Å². The van der Waals surface area contributed by atoms with Gasteiger partial charge in [-0.3, -0.25) is 9.88 Å². The van der Waals surface area contributed by atoms with Crippen molar-refractivity contribution in [2.75, 3.05) is 47.5 Å². The molecule has 2 aromatic carbocycles. The molecule has 1 aliphatic heterocycles. The molecule has 2 heterocycles. The molecule has 0 amide bonds. The van der Waals surface area contributed by atoms with Crippen LogP contribution in [0.5, 0.6) is 17.2 Å². The first-order valence-electron chi connectivity index (χ1n) is 10.3. The second-order valence-electron chi connectivity index (χ2n) is 7.50. The highest BCUT2D eigenvalue weighted by Crippen LogP contribution is 2.40. The number of nitrogens with zero attached hydrogens (tertiary/aromatic N) is 3. The van der Waals surface area contributed by atoms with Gasteiger partial charge in [-0.1, -0.05) is 24.3 Å². The van der Waals surface area contributed by atoms with Crippen LogP contribution in [0.25, 0.3) is 10.9 Å². The fourth-order valence-corrected chi connectivity index (χ4v) is 5.67. The van der Waals surface area contributed by atoms with Crippen molar-refractivity contribution in [3.8, 4) is 17.2 Å². The Morgan fingerprint density at radius 1 is 0.875 bits per heavy atom. The summed E-state index contributed by atoms with van der Waals surface area (Å²) in [6, 6.07) is 12.7. The molecule has 1 fully saturated rings. The van der Waals surface area contributed by atoms with E-state index in [0.717, 1.165) is 10.9 Å². The van der Waals surface area contributed by atoms with E-state index in [1.54, 1.807) is 50.0 Å². The second-order valence-corrected chi connectivity index (χ2v) is 9.41. The maximum absolute atomic E-state index is 13.3. The number of ether oxygens (including phenoxy) is 3. The van der Waals surface area contributed by atoms with E-state index in [2.05, 4.69) is 9.88 Å². The molecule has 1 saturated heterocycles. The Labute approximate surface area is 188 Å². The Hall–Kier alpha value is -2.88. The maximum Gasteiger partial charge on any atom is 0.245 e. The predicted octanol–water partition coefficient (Wildman–Crippen LogP) is 2.77. The molecule has 0 radical (unpaired) electrons. The minimum Gasteiger partial charge on any atom is -0.493 e. The highest BCUT2D eigenvalue weighted by Gasteiger charge is 2.30. The summed E-state index contributed by atoms with van der Waals surface area (Å²) < 4.78 is 44.6. The van der Waals surface area contributed by atoms with Gasteiger partial charge in [0, 0.05) is 49.9 Å². The number of benzene rings is 2. The van der Waals surface area contributed by atoms with Crippen LogP contribution >= 0.6 is 0 Å². The van der Waals surface area contributed by atoms with Crippen molar-refractivity contribution in [2.45, 2.75) is 11.4 Å². The highest BCUT2D eigenvalue weighted by molar-refractivity contribution is 7.89. The van der Waals surface area contributed by atoms with Crippen LogP contribution in [0.3, 0.4) is 0 Å². The van der Waals surface area contributed by atoms with Gasteiger partial charge in [-0.25, -0.2) is 8.42 Å². The molecule has 3 aromatic rings. The van der Waals surface area contributed by atoms with E-state index >= 15 is 0 Å². The number of para-hydroxylation sites is 1. The molecule has 0 aliphatic carbocycles. The average Bonchev–Trinajstić information content (AvgIpc) is 2.83. The molecule has 0 N–H and O–H groups in total. The quantitative estimate of drug-likeness (QED) is 0.540. The van der Waals surface area contributed by atoms with Gasteiger partial charge >= 0.3 is 0 Å². The second kappa shape index (κ2) is 9.32. The lowest BCUT2D eigenvalue weighted by Gasteiger charge is -2.34. The van der Waals surface area contributed by atoms with Gasteiger partial charge < -0.3 is 14.2 Å². The Bertz CT molecular complexity index is 1200. The third-order valence-electron chi connectivity index (χ3n) is 5.72. The summed E-state index contributed by atoms with van der Waals surface area (Å²) in [7, 11) is 1.13. The van der Waals surface area contributed by atoms with Gasteiger partial charge in [-0.15, -0.1) is 0 Å². The number of methoxy groups -OCH3 is 3. The van der Waals surface area contributed by atoms with E-state index in [1.165, 1.54) is 0 Å². The first kappa shape index (κ1) is 22.3. The molecule has 0 saturated carbocycles. The number of piperazine rings is 1. The fourth-order valence-electron chi connectivity index (χ4n) is 4.08. The topological polar surface area (TPSA) is 81.2 Å².